The van der Waals surface area contributed by atoms with Crippen LogP contribution in [0.15, 0.2) is 54.6 Å². The molecule has 5 nitrogen and oxygen atoms in total. The van der Waals surface area contributed by atoms with Gasteiger partial charge >= 0.3 is 6.18 Å². The summed E-state index contributed by atoms with van der Waals surface area (Å²) in [7, 11) is -3.40. The Kier molecular flexibility index (Phi) is 6.69. The Hall–Kier alpha value is -2.26. The van der Waals surface area contributed by atoms with Gasteiger partial charge in [0.25, 0.3) is 0 Å². The van der Waals surface area contributed by atoms with Gasteiger partial charge in [-0.3, -0.25) is 9.62 Å². The lowest BCUT2D eigenvalue weighted by atomic mass is 10.1. The van der Waals surface area contributed by atoms with Gasteiger partial charge in [0.15, 0.2) is 0 Å². The van der Waals surface area contributed by atoms with Crippen molar-refractivity contribution >= 4 is 21.4 Å². The highest BCUT2D eigenvalue weighted by molar-refractivity contribution is 7.92. The normalized spacial score (nSPS) is 16.0. The fourth-order valence-corrected chi connectivity index (χ4v) is 4.43. The standard InChI is InChI=1S/C20H24F3N3O2S/c21-20(22,23)17-6-4-9-19(16-17)26-13-11-25(12-14-26)10-5-15-29(27,28)24-18-7-2-1-3-8-18/h1-4,6-9,16,24H,5,10-15H2. The maximum atomic E-state index is 12.9. The summed E-state index contributed by atoms with van der Waals surface area (Å²) in [6.45, 7) is 3.21. The lowest BCUT2D eigenvalue weighted by molar-refractivity contribution is -0.137. The van der Waals surface area contributed by atoms with Crippen LogP contribution in [-0.2, 0) is 16.2 Å². The molecule has 3 rings (SSSR count). The summed E-state index contributed by atoms with van der Waals surface area (Å²) >= 11 is 0. The molecule has 0 unspecified atom stereocenters. The van der Waals surface area contributed by atoms with Gasteiger partial charge in [-0.1, -0.05) is 24.3 Å². The van der Waals surface area contributed by atoms with Crippen molar-refractivity contribution in [2.45, 2.75) is 12.6 Å². The van der Waals surface area contributed by atoms with Gasteiger partial charge in [0.1, 0.15) is 0 Å². The van der Waals surface area contributed by atoms with Gasteiger partial charge in [0.2, 0.25) is 10.0 Å². The number of para-hydroxylation sites is 1. The fraction of sp³-hybridized carbons (Fsp3) is 0.400. The zero-order valence-electron chi connectivity index (χ0n) is 15.9. The third-order valence-corrected chi connectivity index (χ3v) is 6.22. The summed E-state index contributed by atoms with van der Waals surface area (Å²) in [4.78, 5) is 4.07. The molecule has 0 atom stereocenters. The average Bonchev–Trinajstić information content (AvgIpc) is 2.68. The third kappa shape index (κ3) is 6.37. The van der Waals surface area contributed by atoms with E-state index in [1.54, 1.807) is 30.3 Å². The van der Waals surface area contributed by atoms with Crippen LogP contribution in [0, 0.1) is 0 Å². The first-order valence-electron chi connectivity index (χ1n) is 9.43. The second-order valence-electron chi connectivity index (χ2n) is 7.02. The van der Waals surface area contributed by atoms with Crippen LogP contribution in [0.2, 0.25) is 0 Å². The van der Waals surface area contributed by atoms with E-state index in [1.807, 2.05) is 11.0 Å². The summed E-state index contributed by atoms with van der Waals surface area (Å²) in [6, 6.07) is 14.1. The van der Waals surface area contributed by atoms with E-state index in [0.29, 0.717) is 50.5 Å². The molecule has 2 aromatic rings. The summed E-state index contributed by atoms with van der Waals surface area (Å²) in [5.74, 6) is 0.0235. The molecule has 1 heterocycles. The molecule has 0 saturated carbocycles. The number of anilines is 2. The first-order chi connectivity index (χ1) is 13.7. The fourth-order valence-electron chi connectivity index (χ4n) is 3.32. The predicted octanol–water partition coefficient (Wildman–Crippen LogP) is 3.66. The number of nitrogens with zero attached hydrogens (tertiary/aromatic N) is 2. The summed E-state index contributed by atoms with van der Waals surface area (Å²) in [5.41, 5.74) is 0.463. The number of sulfonamides is 1. The molecule has 0 amide bonds. The molecule has 0 spiro atoms. The van der Waals surface area contributed by atoms with Crippen molar-refractivity contribution in [1.82, 2.24) is 4.90 Å². The Balaban J connectivity index is 1.44. The van der Waals surface area contributed by atoms with Crippen LogP contribution >= 0.6 is 0 Å². The van der Waals surface area contributed by atoms with Gasteiger partial charge in [-0.2, -0.15) is 13.2 Å². The van der Waals surface area contributed by atoms with Crippen molar-refractivity contribution in [1.29, 1.82) is 0 Å². The Morgan fingerprint density at radius 2 is 1.62 bits per heavy atom. The molecule has 1 N–H and O–H groups in total. The highest BCUT2D eigenvalue weighted by atomic mass is 32.2. The largest absolute Gasteiger partial charge is 0.416 e. The molecule has 1 saturated heterocycles. The molecule has 1 fully saturated rings. The minimum atomic E-state index is -4.35. The average molecular weight is 427 g/mol. The molecule has 1 aliphatic rings. The third-order valence-electron chi connectivity index (χ3n) is 4.85. The smallest absolute Gasteiger partial charge is 0.369 e. The van der Waals surface area contributed by atoms with E-state index >= 15 is 0 Å². The number of rotatable bonds is 7. The van der Waals surface area contributed by atoms with Gasteiger partial charge < -0.3 is 4.90 Å². The van der Waals surface area contributed by atoms with Crippen molar-refractivity contribution in [3.63, 3.8) is 0 Å². The Morgan fingerprint density at radius 3 is 2.28 bits per heavy atom. The number of piperazine rings is 1. The van der Waals surface area contributed by atoms with E-state index in [4.69, 9.17) is 0 Å². The van der Waals surface area contributed by atoms with E-state index in [9.17, 15) is 21.6 Å². The first kappa shape index (κ1) is 21.4. The SMILES string of the molecule is O=S(=O)(CCCN1CCN(c2cccc(C(F)(F)F)c2)CC1)Nc1ccccc1. The van der Waals surface area contributed by atoms with Crippen molar-refractivity contribution in [2.24, 2.45) is 0 Å². The Labute approximate surface area is 169 Å². The second-order valence-corrected chi connectivity index (χ2v) is 8.86. The Morgan fingerprint density at radius 1 is 0.931 bits per heavy atom. The van der Waals surface area contributed by atoms with Gasteiger partial charge in [-0.15, -0.1) is 0 Å². The maximum Gasteiger partial charge on any atom is 0.416 e. The molecule has 0 aliphatic carbocycles. The predicted molar refractivity (Wildman–Crippen MR) is 109 cm³/mol. The molecule has 158 valence electrons. The zero-order valence-corrected chi connectivity index (χ0v) is 16.7. The minimum Gasteiger partial charge on any atom is -0.369 e. The van der Waals surface area contributed by atoms with E-state index < -0.39 is 21.8 Å². The van der Waals surface area contributed by atoms with Crippen LogP contribution < -0.4 is 9.62 Å². The van der Waals surface area contributed by atoms with E-state index in [1.165, 1.54) is 12.1 Å². The van der Waals surface area contributed by atoms with Crippen molar-refractivity contribution in [3.05, 3.63) is 60.2 Å². The lowest BCUT2D eigenvalue weighted by Crippen LogP contribution is -2.47. The van der Waals surface area contributed by atoms with Crippen LogP contribution in [-0.4, -0.2) is 51.8 Å². The van der Waals surface area contributed by atoms with Crippen molar-refractivity contribution in [3.8, 4) is 0 Å². The molecule has 0 bridgehead atoms. The lowest BCUT2D eigenvalue weighted by Gasteiger charge is -2.36. The monoisotopic (exact) mass is 427 g/mol. The topological polar surface area (TPSA) is 52.7 Å². The highest BCUT2D eigenvalue weighted by Crippen LogP contribution is 2.31. The second kappa shape index (κ2) is 9.04. The number of halogens is 3. The first-order valence-corrected chi connectivity index (χ1v) is 11.1. The number of nitrogens with one attached hydrogen (secondary N) is 1. The number of benzene rings is 2. The summed E-state index contributed by atoms with van der Waals surface area (Å²) in [5, 5.41) is 0. The van der Waals surface area contributed by atoms with Crippen LogP contribution in [0.25, 0.3) is 0 Å². The van der Waals surface area contributed by atoms with Crippen LogP contribution in [0.4, 0.5) is 24.5 Å². The Bertz CT molecular complexity index is 897. The molecule has 29 heavy (non-hydrogen) atoms. The minimum absolute atomic E-state index is 0.0235. The van der Waals surface area contributed by atoms with Gasteiger partial charge in [-0.25, -0.2) is 8.42 Å². The summed E-state index contributed by atoms with van der Waals surface area (Å²) < 4.78 is 65.5. The highest BCUT2D eigenvalue weighted by Gasteiger charge is 2.31. The molecule has 0 aromatic heterocycles. The van der Waals surface area contributed by atoms with Crippen molar-refractivity contribution in [2.75, 3.05) is 48.1 Å². The quantitative estimate of drug-likeness (QED) is 0.733. The number of alkyl halides is 3. The number of hydrogen-bond acceptors (Lipinski definition) is 4. The van der Waals surface area contributed by atoms with Gasteiger partial charge in [0, 0.05) is 37.6 Å². The van der Waals surface area contributed by atoms with E-state index in [0.717, 1.165) is 6.07 Å². The molecule has 2 aromatic carbocycles. The number of hydrogen-bond donors (Lipinski definition) is 1. The molecule has 9 heteroatoms. The van der Waals surface area contributed by atoms with Crippen LogP contribution in [0.3, 0.4) is 0 Å². The molecular formula is C20H24F3N3O2S. The van der Waals surface area contributed by atoms with Crippen molar-refractivity contribution < 1.29 is 21.6 Å². The zero-order chi connectivity index (χ0) is 20.9. The van der Waals surface area contributed by atoms with Gasteiger partial charge in [-0.05, 0) is 43.3 Å². The van der Waals surface area contributed by atoms with E-state index in [2.05, 4.69) is 9.62 Å². The van der Waals surface area contributed by atoms with Gasteiger partial charge in [0.05, 0.1) is 11.3 Å². The van der Waals surface area contributed by atoms with E-state index in [-0.39, 0.29) is 5.75 Å². The maximum absolute atomic E-state index is 12.9. The van der Waals surface area contributed by atoms with Crippen LogP contribution in [0.1, 0.15) is 12.0 Å². The summed E-state index contributed by atoms with van der Waals surface area (Å²) in [6.07, 6.45) is -3.86. The molecule has 1 aliphatic heterocycles. The molecular weight excluding hydrogens is 403 g/mol. The van der Waals surface area contributed by atoms with Crippen LogP contribution in [0.5, 0.6) is 0 Å². The molecule has 0 radical (unpaired) electrons.